The molecule has 7 heteroatoms. The lowest BCUT2D eigenvalue weighted by molar-refractivity contribution is 0.0350. The van der Waals surface area contributed by atoms with Crippen molar-refractivity contribution in [2.75, 3.05) is 6.61 Å². The summed E-state index contributed by atoms with van der Waals surface area (Å²) in [5.41, 5.74) is 0.437. The van der Waals surface area contributed by atoms with E-state index in [0.29, 0.717) is 6.42 Å². The number of carbonyl (C=O) groups excluding carboxylic acids is 1. The van der Waals surface area contributed by atoms with Crippen LogP contribution >= 0.6 is 15.9 Å². The number of rotatable bonds is 7. The molecule has 1 amide bonds. The van der Waals surface area contributed by atoms with Crippen molar-refractivity contribution in [3.05, 3.63) is 34.3 Å². The molecule has 0 heterocycles. The molecule has 0 aliphatic rings. The van der Waals surface area contributed by atoms with Crippen LogP contribution in [-0.4, -0.2) is 43.9 Å². The summed E-state index contributed by atoms with van der Waals surface area (Å²) in [6, 6.07) is 7.49. The fraction of sp³-hybridized carbons (Fsp3) is 0.667. The van der Waals surface area contributed by atoms with Crippen LogP contribution in [0, 0.1) is 0 Å². The molecular weight excluding hydrogens is 438 g/mol. The molecule has 0 saturated heterocycles. The van der Waals surface area contributed by atoms with Gasteiger partial charge >= 0.3 is 6.09 Å². The van der Waals surface area contributed by atoms with Gasteiger partial charge in [-0.3, -0.25) is 0 Å². The van der Waals surface area contributed by atoms with Crippen LogP contribution < -0.4 is 5.32 Å². The maximum absolute atomic E-state index is 12.4. The quantitative estimate of drug-likeness (QED) is 0.529. The average Bonchev–Trinajstić information content (AvgIpc) is 2.49. The molecule has 1 rings (SSSR count). The molecule has 0 unspecified atom stereocenters. The largest absolute Gasteiger partial charge is 0.444 e. The van der Waals surface area contributed by atoms with Gasteiger partial charge in [-0.1, -0.05) is 48.8 Å². The number of amides is 1. The van der Waals surface area contributed by atoms with E-state index in [4.69, 9.17) is 9.16 Å². The first-order valence-electron chi connectivity index (χ1n) is 9.67. The van der Waals surface area contributed by atoms with Crippen molar-refractivity contribution in [1.29, 1.82) is 0 Å². The Balaban J connectivity index is 3.10. The maximum Gasteiger partial charge on any atom is 0.407 e. The summed E-state index contributed by atoms with van der Waals surface area (Å²) in [5.74, 6) is 0. The second kappa shape index (κ2) is 9.74. The minimum absolute atomic E-state index is 0.00728. The van der Waals surface area contributed by atoms with Crippen LogP contribution in [0.15, 0.2) is 28.7 Å². The summed E-state index contributed by atoms with van der Waals surface area (Å²) >= 11 is 3.49. The van der Waals surface area contributed by atoms with Crippen molar-refractivity contribution < 1.29 is 19.1 Å². The highest BCUT2D eigenvalue weighted by Gasteiger charge is 2.41. The number of aliphatic hydroxyl groups excluding tert-OH is 1. The summed E-state index contributed by atoms with van der Waals surface area (Å²) < 4.78 is 12.9. The molecule has 1 aromatic rings. The smallest absolute Gasteiger partial charge is 0.407 e. The third-order valence-electron chi connectivity index (χ3n) is 4.93. The normalized spacial score (nSPS) is 15.1. The van der Waals surface area contributed by atoms with Gasteiger partial charge in [-0.05, 0) is 63.0 Å². The van der Waals surface area contributed by atoms with Crippen LogP contribution in [0.4, 0.5) is 4.79 Å². The van der Waals surface area contributed by atoms with Gasteiger partial charge in [0.2, 0.25) is 0 Å². The van der Waals surface area contributed by atoms with Crippen LogP contribution in [0.3, 0.4) is 0 Å². The van der Waals surface area contributed by atoms with Crippen molar-refractivity contribution in [3.8, 4) is 0 Å². The zero-order chi connectivity index (χ0) is 21.8. The van der Waals surface area contributed by atoms with E-state index in [-0.39, 0.29) is 11.6 Å². The number of ether oxygens (including phenoxy) is 1. The van der Waals surface area contributed by atoms with Crippen molar-refractivity contribution in [2.45, 2.75) is 83.8 Å². The van der Waals surface area contributed by atoms with Gasteiger partial charge in [0, 0.05) is 4.47 Å². The van der Waals surface area contributed by atoms with Gasteiger partial charge in [0.25, 0.3) is 0 Å². The van der Waals surface area contributed by atoms with Gasteiger partial charge < -0.3 is 19.6 Å². The van der Waals surface area contributed by atoms with Gasteiger partial charge in [0.1, 0.15) is 5.60 Å². The molecule has 0 aliphatic carbocycles. The summed E-state index contributed by atoms with van der Waals surface area (Å²) in [7, 11) is -2.14. The summed E-state index contributed by atoms with van der Waals surface area (Å²) in [4.78, 5) is 12.4. The molecule has 1 aromatic carbocycles. The Hall–Kier alpha value is -0.893. The number of nitrogens with one attached hydrogen (secondary N) is 1. The molecule has 0 spiro atoms. The van der Waals surface area contributed by atoms with Crippen molar-refractivity contribution in [1.82, 2.24) is 5.32 Å². The lowest BCUT2D eigenvalue weighted by Crippen LogP contribution is -2.54. The molecule has 0 aromatic heterocycles. The predicted octanol–water partition coefficient (Wildman–Crippen LogP) is 5.27. The van der Waals surface area contributed by atoms with Crippen LogP contribution in [0.2, 0.25) is 18.1 Å². The molecule has 0 saturated carbocycles. The van der Waals surface area contributed by atoms with Gasteiger partial charge in [-0.25, -0.2) is 4.79 Å². The first kappa shape index (κ1) is 25.1. The molecule has 2 atom stereocenters. The zero-order valence-corrected chi connectivity index (χ0v) is 21.0. The fourth-order valence-electron chi connectivity index (χ4n) is 2.45. The third-order valence-corrected chi connectivity index (χ3v) is 9.93. The lowest BCUT2D eigenvalue weighted by Gasteiger charge is -2.41. The van der Waals surface area contributed by atoms with Crippen LogP contribution in [-0.2, 0) is 15.6 Å². The highest BCUT2D eigenvalue weighted by Crippen LogP contribution is 2.37. The molecule has 5 nitrogen and oxygen atoms in total. The van der Waals surface area contributed by atoms with Gasteiger partial charge in [-0.15, -0.1) is 0 Å². The summed E-state index contributed by atoms with van der Waals surface area (Å²) in [6.45, 7) is 16.0. The minimum atomic E-state index is -2.14. The molecular formula is C21H36BrNO4Si. The monoisotopic (exact) mass is 473 g/mol. The van der Waals surface area contributed by atoms with E-state index in [0.717, 1.165) is 10.0 Å². The Kier molecular flexibility index (Phi) is 8.75. The second-order valence-electron chi connectivity index (χ2n) is 9.69. The Morgan fingerprint density at radius 3 is 2.29 bits per heavy atom. The third kappa shape index (κ3) is 8.23. The number of hydrogen-bond donors (Lipinski definition) is 2. The first-order valence-corrected chi connectivity index (χ1v) is 13.4. The SMILES string of the molecule is CC(C)(C)OC(=O)N[C@@H](Cc1cccc(Br)c1)[C@@H](CO)O[Si](C)(C)C(C)(C)C. The predicted molar refractivity (Wildman–Crippen MR) is 120 cm³/mol. The number of carbonyl (C=O) groups is 1. The van der Waals surface area contributed by atoms with Gasteiger partial charge in [0.05, 0.1) is 18.8 Å². The standard InChI is InChI=1S/C21H36BrNO4Si/c1-20(2,3)26-19(25)23-17(13-15-10-9-11-16(22)12-15)18(14-24)27-28(7,8)21(4,5)6/h9-12,17-18,24H,13-14H2,1-8H3,(H,23,25)/t17-,18+/m0/s1. The van der Waals surface area contributed by atoms with Crippen molar-refractivity contribution in [2.24, 2.45) is 0 Å². The van der Waals surface area contributed by atoms with Crippen molar-refractivity contribution in [3.63, 3.8) is 0 Å². The van der Waals surface area contributed by atoms with Crippen molar-refractivity contribution >= 4 is 30.3 Å². The Labute approximate surface area is 179 Å². The molecule has 0 aliphatic heterocycles. The van der Waals surface area contributed by atoms with E-state index < -0.39 is 32.2 Å². The highest BCUT2D eigenvalue weighted by atomic mass is 79.9. The molecule has 160 valence electrons. The number of benzene rings is 1. The first-order chi connectivity index (χ1) is 12.6. The number of halogens is 1. The molecule has 0 bridgehead atoms. The Morgan fingerprint density at radius 2 is 1.82 bits per heavy atom. The van der Waals surface area contributed by atoms with E-state index in [1.165, 1.54) is 0 Å². The van der Waals surface area contributed by atoms with E-state index in [1.54, 1.807) is 0 Å². The Morgan fingerprint density at radius 1 is 1.21 bits per heavy atom. The van der Waals surface area contributed by atoms with E-state index in [1.807, 2.05) is 45.0 Å². The minimum Gasteiger partial charge on any atom is -0.444 e. The number of hydrogen-bond acceptors (Lipinski definition) is 4. The summed E-state index contributed by atoms with van der Waals surface area (Å²) in [6.07, 6.45) is -0.504. The lowest BCUT2D eigenvalue weighted by atomic mass is 10.0. The fourth-order valence-corrected chi connectivity index (χ4v) is 4.25. The number of aliphatic hydroxyl groups is 1. The van der Waals surface area contributed by atoms with Gasteiger partial charge in [0.15, 0.2) is 8.32 Å². The van der Waals surface area contributed by atoms with E-state index in [9.17, 15) is 9.90 Å². The molecule has 28 heavy (non-hydrogen) atoms. The maximum atomic E-state index is 12.4. The zero-order valence-electron chi connectivity index (χ0n) is 18.4. The number of alkyl carbamates (subject to hydrolysis) is 1. The second-order valence-corrected chi connectivity index (χ2v) is 15.4. The molecule has 2 N–H and O–H groups in total. The summed E-state index contributed by atoms with van der Waals surface area (Å²) in [5, 5.41) is 13.0. The molecule has 0 fully saturated rings. The average molecular weight is 475 g/mol. The highest BCUT2D eigenvalue weighted by molar-refractivity contribution is 9.10. The topological polar surface area (TPSA) is 67.8 Å². The Bertz CT molecular complexity index is 653. The molecule has 0 radical (unpaired) electrons. The van der Waals surface area contributed by atoms with Crippen LogP contribution in [0.5, 0.6) is 0 Å². The van der Waals surface area contributed by atoms with Crippen LogP contribution in [0.1, 0.15) is 47.1 Å². The van der Waals surface area contributed by atoms with Gasteiger partial charge in [-0.2, -0.15) is 0 Å². The van der Waals surface area contributed by atoms with E-state index >= 15 is 0 Å². The van der Waals surface area contributed by atoms with Crippen LogP contribution in [0.25, 0.3) is 0 Å². The van der Waals surface area contributed by atoms with E-state index in [2.05, 4.69) is 55.1 Å².